The molecule has 150 valence electrons. The number of fused-ring (bicyclic) bond motifs is 1. The van der Waals surface area contributed by atoms with Crippen molar-refractivity contribution in [1.82, 2.24) is 14.9 Å². The van der Waals surface area contributed by atoms with E-state index in [1.54, 1.807) is 6.33 Å². The predicted octanol–water partition coefficient (Wildman–Crippen LogP) is 2.10. The molecular formula is C21H28N4O3. The second-order valence-corrected chi connectivity index (χ2v) is 7.91. The Labute approximate surface area is 165 Å². The second-order valence-electron chi connectivity index (χ2n) is 7.91. The summed E-state index contributed by atoms with van der Waals surface area (Å²) >= 11 is 0. The van der Waals surface area contributed by atoms with Gasteiger partial charge in [-0.05, 0) is 37.5 Å². The van der Waals surface area contributed by atoms with Gasteiger partial charge in [0.2, 0.25) is 5.88 Å². The molecule has 7 nitrogen and oxygen atoms in total. The van der Waals surface area contributed by atoms with Gasteiger partial charge in [0.25, 0.3) is 0 Å². The molecule has 2 saturated heterocycles. The van der Waals surface area contributed by atoms with Crippen molar-refractivity contribution in [3.05, 3.63) is 24.5 Å². The van der Waals surface area contributed by atoms with Gasteiger partial charge in [0.05, 0.1) is 36.8 Å². The number of ether oxygens (including phenoxy) is 3. The van der Waals surface area contributed by atoms with E-state index in [9.17, 15) is 0 Å². The number of aromatic nitrogens is 2. The summed E-state index contributed by atoms with van der Waals surface area (Å²) in [4.78, 5) is 13.7. The fourth-order valence-corrected chi connectivity index (χ4v) is 4.08. The molecule has 0 N–H and O–H groups in total. The van der Waals surface area contributed by atoms with E-state index in [-0.39, 0.29) is 6.10 Å². The molecule has 3 aliphatic rings. The molecule has 1 aromatic heterocycles. The van der Waals surface area contributed by atoms with Crippen LogP contribution in [0.2, 0.25) is 0 Å². The molecule has 0 amide bonds. The summed E-state index contributed by atoms with van der Waals surface area (Å²) in [6.07, 6.45) is 5.64. The molecule has 7 heteroatoms. The molecule has 0 radical (unpaired) electrons. The smallest absolute Gasteiger partial charge is 0.224 e. The summed E-state index contributed by atoms with van der Waals surface area (Å²) < 4.78 is 17.4. The predicted molar refractivity (Wildman–Crippen MR) is 107 cm³/mol. The molecule has 1 aromatic carbocycles. The van der Waals surface area contributed by atoms with Gasteiger partial charge in [0, 0.05) is 38.4 Å². The largest absolute Gasteiger partial charge is 0.474 e. The first-order valence-corrected chi connectivity index (χ1v) is 10.4. The maximum absolute atomic E-state index is 6.10. The van der Waals surface area contributed by atoms with Crippen LogP contribution in [0.15, 0.2) is 24.5 Å². The minimum Gasteiger partial charge on any atom is -0.474 e. The average Bonchev–Trinajstić information content (AvgIpc) is 2.72. The van der Waals surface area contributed by atoms with E-state index >= 15 is 0 Å². The first-order chi connectivity index (χ1) is 13.8. The van der Waals surface area contributed by atoms with E-state index in [0.717, 1.165) is 75.6 Å². The Morgan fingerprint density at radius 3 is 2.71 bits per heavy atom. The first kappa shape index (κ1) is 18.1. The molecule has 1 aliphatic carbocycles. The van der Waals surface area contributed by atoms with Crippen molar-refractivity contribution in [1.29, 1.82) is 0 Å². The number of rotatable bonds is 5. The lowest BCUT2D eigenvalue weighted by Gasteiger charge is -2.38. The number of hydrogen-bond acceptors (Lipinski definition) is 7. The monoisotopic (exact) mass is 384 g/mol. The summed E-state index contributed by atoms with van der Waals surface area (Å²) in [5, 5.41) is 1.02. The zero-order chi connectivity index (χ0) is 18.8. The Morgan fingerprint density at radius 1 is 1.07 bits per heavy atom. The second kappa shape index (κ2) is 8.19. The lowest BCUT2D eigenvalue weighted by molar-refractivity contribution is -0.0977. The van der Waals surface area contributed by atoms with Gasteiger partial charge in [-0.3, -0.25) is 4.90 Å². The van der Waals surface area contributed by atoms with Gasteiger partial charge in [-0.15, -0.1) is 0 Å². The van der Waals surface area contributed by atoms with Crippen molar-refractivity contribution in [3.63, 3.8) is 0 Å². The Hall–Kier alpha value is -1.96. The van der Waals surface area contributed by atoms with Crippen molar-refractivity contribution in [2.75, 3.05) is 57.4 Å². The van der Waals surface area contributed by atoms with Crippen molar-refractivity contribution < 1.29 is 14.2 Å². The van der Waals surface area contributed by atoms with Gasteiger partial charge in [-0.2, -0.15) is 0 Å². The van der Waals surface area contributed by atoms with E-state index in [1.807, 2.05) is 0 Å². The van der Waals surface area contributed by atoms with Crippen LogP contribution < -0.4 is 9.64 Å². The van der Waals surface area contributed by atoms with Gasteiger partial charge in [-0.1, -0.05) is 0 Å². The molecular weight excluding hydrogens is 356 g/mol. The minimum atomic E-state index is 0.212. The van der Waals surface area contributed by atoms with Crippen LogP contribution >= 0.6 is 0 Å². The quantitative estimate of drug-likeness (QED) is 0.782. The summed E-state index contributed by atoms with van der Waals surface area (Å²) in [6.45, 7) is 7.20. The number of anilines is 1. The highest BCUT2D eigenvalue weighted by Crippen LogP contribution is 2.31. The third-order valence-electron chi connectivity index (χ3n) is 6.00. The average molecular weight is 384 g/mol. The topological polar surface area (TPSA) is 60.0 Å². The van der Waals surface area contributed by atoms with Crippen molar-refractivity contribution in [3.8, 4) is 5.88 Å². The summed E-state index contributed by atoms with van der Waals surface area (Å²) in [5.74, 6) is 0.727. The molecule has 0 bridgehead atoms. The fraction of sp³-hybridized carbons (Fsp3) is 0.619. The summed E-state index contributed by atoms with van der Waals surface area (Å²) in [6, 6.07) is 6.44. The SMILES string of the molecule is c1nc(OC2CCC2)c2cc(N3CCN(CC4COCCO4)CC3)ccc2n1. The molecule has 2 aromatic rings. The Balaban J connectivity index is 1.25. The lowest BCUT2D eigenvalue weighted by atomic mass is 9.96. The molecule has 5 rings (SSSR count). The van der Waals surface area contributed by atoms with Gasteiger partial charge in [0.1, 0.15) is 12.4 Å². The molecule has 1 unspecified atom stereocenters. The van der Waals surface area contributed by atoms with E-state index < -0.39 is 0 Å². The molecule has 3 heterocycles. The van der Waals surface area contributed by atoms with Crippen molar-refractivity contribution in [2.24, 2.45) is 0 Å². The third-order valence-corrected chi connectivity index (χ3v) is 6.00. The Bertz CT molecular complexity index is 799. The van der Waals surface area contributed by atoms with Crippen LogP contribution in [0.3, 0.4) is 0 Å². The Morgan fingerprint density at radius 2 is 1.96 bits per heavy atom. The standard InChI is InChI=1S/C21H28N4O3/c1-2-17(3-1)28-21-19-12-16(4-5-20(19)22-15-23-21)25-8-6-24(7-9-25)13-18-14-26-10-11-27-18/h4-5,12,15,17-18H,1-3,6-11,13-14H2. The van der Waals surface area contributed by atoms with Crippen LogP contribution in [-0.4, -0.2) is 79.6 Å². The number of benzene rings is 1. The zero-order valence-electron chi connectivity index (χ0n) is 16.3. The van der Waals surface area contributed by atoms with Crippen LogP contribution in [0.4, 0.5) is 5.69 Å². The maximum Gasteiger partial charge on any atom is 0.224 e. The third kappa shape index (κ3) is 3.92. The van der Waals surface area contributed by atoms with Crippen LogP contribution in [0.25, 0.3) is 10.9 Å². The molecule has 1 atom stereocenters. The molecule has 2 aliphatic heterocycles. The van der Waals surface area contributed by atoms with Gasteiger partial charge in [0.15, 0.2) is 0 Å². The highest BCUT2D eigenvalue weighted by atomic mass is 16.6. The number of piperazine rings is 1. The van der Waals surface area contributed by atoms with E-state index in [4.69, 9.17) is 14.2 Å². The molecule has 1 saturated carbocycles. The van der Waals surface area contributed by atoms with Crippen LogP contribution in [0.5, 0.6) is 5.88 Å². The van der Waals surface area contributed by atoms with E-state index in [2.05, 4.69) is 38.0 Å². The fourth-order valence-electron chi connectivity index (χ4n) is 4.08. The molecule has 0 spiro atoms. The van der Waals surface area contributed by atoms with Gasteiger partial charge < -0.3 is 19.1 Å². The normalized spacial score (nSPS) is 24.3. The number of nitrogens with zero attached hydrogens (tertiary/aromatic N) is 4. The van der Waals surface area contributed by atoms with E-state index in [0.29, 0.717) is 12.7 Å². The summed E-state index contributed by atoms with van der Waals surface area (Å²) in [5.41, 5.74) is 2.17. The van der Waals surface area contributed by atoms with Gasteiger partial charge >= 0.3 is 0 Å². The Kier molecular flexibility index (Phi) is 5.29. The van der Waals surface area contributed by atoms with Crippen molar-refractivity contribution in [2.45, 2.75) is 31.5 Å². The van der Waals surface area contributed by atoms with Crippen LogP contribution in [0, 0.1) is 0 Å². The van der Waals surface area contributed by atoms with Gasteiger partial charge in [-0.25, -0.2) is 9.97 Å². The maximum atomic E-state index is 6.10. The number of hydrogen-bond donors (Lipinski definition) is 0. The van der Waals surface area contributed by atoms with E-state index in [1.165, 1.54) is 12.1 Å². The first-order valence-electron chi connectivity index (χ1n) is 10.4. The minimum absolute atomic E-state index is 0.212. The zero-order valence-corrected chi connectivity index (χ0v) is 16.3. The molecule has 28 heavy (non-hydrogen) atoms. The highest BCUT2D eigenvalue weighted by molar-refractivity contribution is 5.86. The summed E-state index contributed by atoms with van der Waals surface area (Å²) in [7, 11) is 0. The van der Waals surface area contributed by atoms with Crippen LogP contribution in [-0.2, 0) is 9.47 Å². The highest BCUT2D eigenvalue weighted by Gasteiger charge is 2.24. The van der Waals surface area contributed by atoms with Crippen molar-refractivity contribution >= 4 is 16.6 Å². The lowest BCUT2D eigenvalue weighted by Crippen LogP contribution is -2.50. The van der Waals surface area contributed by atoms with Crippen LogP contribution in [0.1, 0.15) is 19.3 Å². The molecule has 3 fully saturated rings.